The van der Waals surface area contributed by atoms with E-state index >= 15 is 0 Å². The Balaban J connectivity index is 1.70. The van der Waals surface area contributed by atoms with Gasteiger partial charge in [-0.3, -0.25) is 9.71 Å². The van der Waals surface area contributed by atoms with E-state index in [1.807, 2.05) is 13.0 Å². The summed E-state index contributed by atoms with van der Waals surface area (Å²) in [6.45, 7) is 1.82. The minimum absolute atomic E-state index is 0.217. The standard InChI is InChI=1S/C21H18FN7O3S/c1-12-13-10-24-16(14-11-25-28-6-4-5-23-21(14)28)8-18(13)29(26-12)19-7-15(22)17(9-20(19)32-2)27-33(3,30)31/h4-11,27H,1-3H3. The molecule has 0 aliphatic rings. The molecule has 0 spiro atoms. The average Bonchev–Trinajstić information content (AvgIpc) is 3.35. The second-order valence-electron chi connectivity index (χ2n) is 7.41. The molecule has 0 saturated heterocycles. The molecular weight excluding hydrogens is 449 g/mol. The van der Waals surface area contributed by atoms with Crippen molar-refractivity contribution < 1.29 is 17.5 Å². The Morgan fingerprint density at radius 3 is 2.73 bits per heavy atom. The molecule has 10 nitrogen and oxygen atoms in total. The topological polar surface area (TPSA) is 116 Å². The number of halogens is 1. The Kier molecular flexibility index (Phi) is 4.74. The van der Waals surface area contributed by atoms with Crippen LogP contribution in [0.5, 0.6) is 5.75 Å². The lowest BCUT2D eigenvalue weighted by Gasteiger charge is -2.13. The van der Waals surface area contributed by atoms with E-state index in [1.165, 1.54) is 19.2 Å². The lowest BCUT2D eigenvalue weighted by molar-refractivity contribution is 0.411. The summed E-state index contributed by atoms with van der Waals surface area (Å²) in [5, 5.41) is 9.63. The monoisotopic (exact) mass is 467 g/mol. The Morgan fingerprint density at radius 2 is 1.97 bits per heavy atom. The van der Waals surface area contributed by atoms with Crippen LogP contribution >= 0.6 is 0 Å². The summed E-state index contributed by atoms with van der Waals surface area (Å²) in [4.78, 5) is 8.93. The second-order valence-corrected chi connectivity index (χ2v) is 9.16. The van der Waals surface area contributed by atoms with Crippen LogP contribution in [0, 0.1) is 12.7 Å². The van der Waals surface area contributed by atoms with E-state index in [0.717, 1.165) is 17.2 Å². The number of benzene rings is 1. The number of pyridine rings is 1. The molecule has 0 fully saturated rings. The fourth-order valence-corrected chi connectivity index (χ4v) is 4.20. The predicted octanol–water partition coefficient (Wildman–Crippen LogP) is 2.96. The molecule has 0 aliphatic heterocycles. The van der Waals surface area contributed by atoms with E-state index < -0.39 is 15.8 Å². The van der Waals surface area contributed by atoms with Crippen molar-refractivity contribution in [2.45, 2.75) is 6.92 Å². The van der Waals surface area contributed by atoms with E-state index in [4.69, 9.17) is 4.74 Å². The molecule has 5 rings (SSSR count). The molecular formula is C21H18FN7O3S. The first kappa shape index (κ1) is 20.8. The number of hydrogen-bond acceptors (Lipinski definition) is 7. The number of aryl methyl sites for hydroxylation is 1. The molecule has 4 aromatic heterocycles. The van der Waals surface area contributed by atoms with Crippen molar-refractivity contribution in [2.75, 3.05) is 18.1 Å². The molecule has 33 heavy (non-hydrogen) atoms. The number of methoxy groups -OCH3 is 1. The molecule has 1 N–H and O–H groups in total. The van der Waals surface area contributed by atoms with Gasteiger partial charge in [-0.2, -0.15) is 10.2 Å². The van der Waals surface area contributed by atoms with Crippen LogP contribution in [0.15, 0.2) is 49.1 Å². The maximum Gasteiger partial charge on any atom is 0.229 e. The molecule has 1 aromatic carbocycles. The van der Waals surface area contributed by atoms with Gasteiger partial charge in [-0.1, -0.05) is 0 Å². The highest BCUT2D eigenvalue weighted by Crippen LogP contribution is 2.33. The maximum absolute atomic E-state index is 14.8. The number of nitrogens with one attached hydrogen (secondary N) is 1. The first-order valence-electron chi connectivity index (χ1n) is 9.75. The van der Waals surface area contributed by atoms with E-state index in [9.17, 15) is 12.8 Å². The van der Waals surface area contributed by atoms with Crippen LogP contribution in [0.25, 0.3) is 33.5 Å². The molecule has 12 heteroatoms. The molecule has 0 aliphatic carbocycles. The predicted molar refractivity (Wildman–Crippen MR) is 121 cm³/mol. The van der Waals surface area contributed by atoms with E-state index in [0.29, 0.717) is 28.2 Å². The van der Waals surface area contributed by atoms with Gasteiger partial charge in [-0.15, -0.1) is 0 Å². The first-order chi connectivity index (χ1) is 15.7. The van der Waals surface area contributed by atoms with Crippen molar-refractivity contribution in [3.8, 4) is 22.7 Å². The average molecular weight is 467 g/mol. The third-order valence-electron chi connectivity index (χ3n) is 5.10. The van der Waals surface area contributed by atoms with E-state index in [-0.39, 0.29) is 11.4 Å². The largest absolute Gasteiger partial charge is 0.494 e. The summed E-state index contributed by atoms with van der Waals surface area (Å²) in [6, 6.07) is 6.06. The number of rotatable bonds is 5. The number of nitrogens with zero attached hydrogens (tertiary/aromatic N) is 6. The molecule has 0 saturated carbocycles. The van der Waals surface area contributed by atoms with Crippen LogP contribution in [-0.4, -0.2) is 51.1 Å². The lowest BCUT2D eigenvalue weighted by Crippen LogP contribution is -2.12. The van der Waals surface area contributed by atoms with Gasteiger partial charge in [0.25, 0.3) is 0 Å². The third-order valence-corrected chi connectivity index (χ3v) is 5.69. The number of aromatic nitrogens is 6. The van der Waals surface area contributed by atoms with Gasteiger partial charge in [0.1, 0.15) is 17.3 Å². The number of anilines is 1. The minimum Gasteiger partial charge on any atom is -0.494 e. The number of sulfonamides is 1. The molecule has 0 unspecified atom stereocenters. The Hall–Kier alpha value is -4.06. The molecule has 4 heterocycles. The quantitative estimate of drug-likeness (QED) is 0.422. The highest BCUT2D eigenvalue weighted by Gasteiger charge is 2.19. The van der Waals surface area contributed by atoms with E-state index in [2.05, 4.69) is 24.9 Å². The first-order valence-corrected chi connectivity index (χ1v) is 11.6. The zero-order chi connectivity index (χ0) is 23.3. The van der Waals surface area contributed by atoms with Crippen molar-refractivity contribution in [1.29, 1.82) is 0 Å². The van der Waals surface area contributed by atoms with Crippen LogP contribution < -0.4 is 9.46 Å². The van der Waals surface area contributed by atoms with Gasteiger partial charge in [0, 0.05) is 36.1 Å². The molecule has 168 valence electrons. The Labute approximate surface area is 187 Å². The van der Waals surface area contributed by atoms with Gasteiger partial charge in [0.2, 0.25) is 10.0 Å². The highest BCUT2D eigenvalue weighted by molar-refractivity contribution is 7.92. The van der Waals surface area contributed by atoms with Crippen LogP contribution in [-0.2, 0) is 10.0 Å². The van der Waals surface area contributed by atoms with Gasteiger partial charge >= 0.3 is 0 Å². The van der Waals surface area contributed by atoms with Gasteiger partial charge < -0.3 is 4.74 Å². The second kappa shape index (κ2) is 7.52. The van der Waals surface area contributed by atoms with Crippen LogP contribution in [0.4, 0.5) is 10.1 Å². The number of ether oxygens (including phenoxy) is 1. The van der Waals surface area contributed by atoms with E-state index in [1.54, 1.807) is 40.1 Å². The van der Waals surface area contributed by atoms with Crippen molar-refractivity contribution >= 4 is 32.3 Å². The van der Waals surface area contributed by atoms with Crippen LogP contribution in [0.3, 0.4) is 0 Å². The normalized spacial score (nSPS) is 11.9. The Bertz CT molecular complexity index is 1640. The summed E-state index contributed by atoms with van der Waals surface area (Å²) in [6.07, 6.45) is 7.78. The number of fused-ring (bicyclic) bond motifs is 2. The smallest absolute Gasteiger partial charge is 0.229 e. The number of hydrogen-bond donors (Lipinski definition) is 1. The third kappa shape index (κ3) is 3.63. The molecule has 0 bridgehead atoms. The molecule has 5 aromatic rings. The summed E-state index contributed by atoms with van der Waals surface area (Å²) >= 11 is 0. The maximum atomic E-state index is 14.8. The van der Waals surface area contributed by atoms with Crippen molar-refractivity contribution in [2.24, 2.45) is 0 Å². The van der Waals surface area contributed by atoms with Gasteiger partial charge in [0.05, 0.1) is 47.7 Å². The summed E-state index contributed by atoms with van der Waals surface area (Å²) in [7, 11) is -2.26. The minimum atomic E-state index is -3.67. The zero-order valence-electron chi connectivity index (χ0n) is 17.8. The van der Waals surface area contributed by atoms with Crippen LogP contribution in [0.1, 0.15) is 5.69 Å². The SMILES string of the molecule is COc1cc(NS(C)(=O)=O)c(F)cc1-n1nc(C)c2cnc(-c3cnn4cccnc34)cc21. The fraction of sp³-hybridized carbons (Fsp3) is 0.143. The summed E-state index contributed by atoms with van der Waals surface area (Å²) in [5.41, 5.74) is 3.43. The lowest BCUT2D eigenvalue weighted by atomic mass is 10.1. The molecule has 0 amide bonds. The van der Waals surface area contributed by atoms with Gasteiger partial charge in [-0.05, 0) is 19.1 Å². The van der Waals surface area contributed by atoms with Gasteiger partial charge in [-0.25, -0.2) is 27.0 Å². The summed E-state index contributed by atoms with van der Waals surface area (Å²) in [5.74, 6) is -0.526. The van der Waals surface area contributed by atoms with Crippen molar-refractivity contribution in [3.05, 3.63) is 60.6 Å². The molecule has 0 atom stereocenters. The van der Waals surface area contributed by atoms with Crippen LogP contribution in [0.2, 0.25) is 0 Å². The summed E-state index contributed by atoms with van der Waals surface area (Å²) < 4.78 is 48.7. The fourth-order valence-electron chi connectivity index (χ4n) is 3.65. The Morgan fingerprint density at radius 1 is 1.15 bits per heavy atom. The molecule has 0 radical (unpaired) electrons. The van der Waals surface area contributed by atoms with Gasteiger partial charge in [0.15, 0.2) is 5.65 Å². The van der Waals surface area contributed by atoms with Crippen molar-refractivity contribution in [3.63, 3.8) is 0 Å². The zero-order valence-corrected chi connectivity index (χ0v) is 18.6. The van der Waals surface area contributed by atoms with Crippen molar-refractivity contribution in [1.82, 2.24) is 29.4 Å². The highest BCUT2D eigenvalue weighted by atomic mass is 32.2.